The summed E-state index contributed by atoms with van der Waals surface area (Å²) in [5.41, 5.74) is 2.82. The Balaban J connectivity index is 1.58. The van der Waals surface area contributed by atoms with E-state index in [4.69, 9.17) is 0 Å². The van der Waals surface area contributed by atoms with Crippen molar-refractivity contribution in [2.75, 3.05) is 0 Å². The highest BCUT2D eigenvalue weighted by Gasteiger charge is 2.08. The van der Waals surface area contributed by atoms with Crippen LogP contribution in [0.4, 0.5) is 0 Å². The number of hydrogen-bond donors (Lipinski definition) is 1. The third-order valence-electron chi connectivity index (χ3n) is 3.41. The predicted octanol–water partition coefficient (Wildman–Crippen LogP) is 3.02. The van der Waals surface area contributed by atoms with Crippen LogP contribution in [0.25, 0.3) is 0 Å². The van der Waals surface area contributed by atoms with Crippen LogP contribution < -0.4 is 5.32 Å². The van der Waals surface area contributed by atoms with Gasteiger partial charge in [0.25, 0.3) is 5.91 Å². The maximum Gasteiger partial charge on any atom is 0.252 e. The summed E-state index contributed by atoms with van der Waals surface area (Å²) in [7, 11) is 0. The minimum atomic E-state index is -0.0934. The Hall–Kier alpha value is -2.47. The summed E-state index contributed by atoms with van der Waals surface area (Å²) in [4.78, 5) is 16.1. The SMILES string of the molecule is O=C(NCc1ccc(Cn2cncn2)cc1)c1ccccc1Br. The smallest absolute Gasteiger partial charge is 0.252 e. The van der Waals surface area contributed by atoms with Gasteiger partial charge in [-0.05, 0) is 39.2 Å². The minimum absolute atomic E-state index is 0.0934. The van der Waals surface area contributed by atoms with Crippen LogP contribution in [0.2, 0.25) is 0 Å². The van der Waals surface area contributed by atoms with Gasteiger partial charge in [-0.2, -0.15) is 5.10 Å². The van der Waals surface area contributed by atoms with Crippen molar-refractivity contribution < 1.29 is 4.79 Å². The van der Waals surface area contributed by atoms with E-state index in [9.17, 15) is 4.79 Å². The summed E-state index contributed by atoms with van der Waals surface area (Å²) in [6.07, 6.45) is 3.21. The van der Waals surface area contributed by atoms with Crippen molar-refractivity contribution in [3.8, 4) is 0 Å². The Morgan fingerprint density at radius 3 is 2.52 bits per heavy atom. The van der Waals surface area contributed by atoms with Crippen molar-refractivity contribution in [1.82, 2.24) is 20.1 Å². The van der Waals surface area contributed by atoms with Crippen molar-refractivity contribution in [1.29, 1.82) is 0 Å². The normalized spacial score (nSPS) is 10.5. The van der Waals surface area contributed by atoms with Crippen LogP contribution >= 0.6 is 15.9 Å². The van der Waals surface area contributed by atoms with Crippen LogP contribution in [-0.4, -0.2) is 20.7 Å². The Bertz CT molecular complexity index is 785. The second-order valence-corrected chi connectivity index (χ2v) is 5.93. The molecule has 5 nitrogen and oxygen atoms in total. The highest BCUT2D eigenvalue weighted by Crippen LogP contribution is 2.15. The van der Waals surface area contributed by atoms with E-state index in [1.165, 1.54) is 6.33 Å². The first-order valence-electron chi connectivity index (χ1n) is 7.15. The number of rotatable bonds is 5. The quantitative estimate of drug-likeness (QED) is 0.750. The Labute approximate surface area is 142 Å². The zero-order chi connectivity index (χ0) is 16.1. The molecule has 23 heavy (non-hydrogen) atoms. The molecule has 6 heteroatoms. The summed E-state index contributed by atoms with van der Waals surface area (Å²) in [6, 6.07) is 15.4. The molecule has 0 saturated heterocycles. The number of aromatic nitrogens is 3. The number of amides is 1. The van der Waals surface area contributed by atoms with E-state index < -0.39 is 0 Å². The fourth-order valence-electron chi connectivity index (χ4n) is 2.19. The third kappa shape index (κ3) is 4.04. The van der Waals surface area contributed by atoms with Gasteiger partial charge in [0.15, 0.2) is 0 Å². The maximum absolute atomic E-state index is 12.2. The topological polar surface area (TPSA) is 59.8 Å². The molecule has 3 aromatic rings. The van der Waals surface area contributed by atoms with Gasteiger partial charge in [0.2, 0.25) is 0 Å². The van der Waals surface area contributed by atoms with Crippen LogP contribution in [0, 0.1) is 0 Å². The highest BCUT2D eigenvalue weighted by molar-refractivity contribution is 9.10. The molecule has 0 saturated carbocycles. The molecular formula is C17H15BrN4O. The molecule has 0 bridgehead atoms. The molecule has 3 rings (SSSR count). The number of halogens is 1. The van der Waals surface area contributed by atoms with Crippen LogP contribution in [0.1, 0.15) is 21.5 Å². The van der Waals surface area contributed by atoms with Crippen LogP contribution in [0.5, 0.6) is 0 Å². The molecule has 0 unspecified atom stereocenters. The molecule has 1 amide bonds. The minimum Gasteiger partial charge on any atom is -0.348 e. The molecule has 0 radical (unpaired) electrons. The second-order valence-electron chi connectivity index (χ2n) is 5.07. The molecule has 0 spiro atoms. The molecule has 0 fully saturated rings. The zero-order valence-electron chi connectivity index (χ0n) is 12.3. The Morgan fingerprint density at radius 1 is 1.09 bits per heavy atom. The van der Waals surface area contributed by atoms with Crippen LogP contribution in [0.3, 0.4) is 0 Å². The number of hydrogen-bond acceptors (Lipinski definition) is 3. The van der Waals surface area contributed by atoms with Crippen molar-refractivity contribution >= 4 is 21.8 Å². The second kappa shape index (κ2) is 7.19. The Kier molecular flexibility index (Phi) is 4.83. The summed E-state index contributed by atoms with van der Waals surface area (Å²) in [5, 5.41) is 7.00. The van der Waals surface area contributed by atoms with Crippen molar-refractivity contribution in [2.24, 2.45) is 0 Å². The Morgan fingerprint density at radius 2 is 1.83 bits per heavy atom. The molecule has 1 aromatic heterocycles. The average Bonchev–Trinajstić information content (AvgIpc) is 3.07. The van der Waals surface area contributed by atoms with Gasteiger partial charge in [0.1, 0.15) is 12.7 Å². The van der Waals surface area contributed by atoms with Crippen molar-refractivity contribution in [3.05, 3.63) is 82.3 Å². The fraction of sp³-hybridized carbons (Fsp3) is 0.118. The van der Waals surface area contributed by atoms with Crippen molar-refractivity contribution in [3.63, 3.8) is 0 Å². The molecule has 0 aliphatic carbocycles. The summed E-state index contributed by atoms with van der Waals surface area (Å²) < 4.78 is 2.56. The van der Waals surface area contributed by atoms with E-state index in [1.54, 1.807) is 17.1 Å². The highest BCUT2D eigenvalue weighted by atomic mass is 79.9. The predicted molar refractivity (Wildman–Crippen MR) is 90.9 cm³/mol. The monoisotopic (exact) mass is 370 g/mol. The number of nitrogens with one attached hydrogen (secondary N) is 1. The molecule has 0 aliphatic heterocycles. The van der Waals surface area contributed by atoms with Gasteiger partial charge in [-0.25, -0.2) is 9.67 Å². The van der Waals surface area contributed by atoms with Crippen LogP contribution in [-0.2, 0) is 13.1 Å². The van der Waals surface area contributed by atoms with Gasteiger partial charge in [0, 0.05) is 11.0 Å². The molecule has 116 valence electrons. The zero-order valence-corrected chi connectivity index (χ0v) is 13.9. The van der Waals surface area contributed by atoms with E-state index in [2.05, 4.69) is 31.3 Å². The summed E-state index contributed by atoms with van der Waals surface area (Å²) in [5.74, 6) is -0.0934. The first kappa shape index (κ1) is 15.4. The van der Waals surface area contributed by atoms with Gasteiger partial charge >= 0.3 is 0 Å². The number of carbonyl (C=O) groups excluding carboxylic acids is 1. The lowest BCUT2D eigenvalue weighted by molar-refractivity contribution is 0.0950. The first-order valence-corrected chi connectivity index (χ1v) is 7.94. The van der Waals surface area contributed by atoms with Crippen molar-refractivity contribution in [2.45, 2.75) is 13.1 Å². The van der Waals surface area contributed by atoms with E-state index in [1.807, 2.05) is 42.5 Å². The van der Waals surface area contributed by atoms with E-state index in [-0.39, 0.29) is 5.91 Å². The number of nitrogens with zero attached hydrogens (tertiary/aromatic N) is 3. The van der Waals surface area contributed by atoms with E-state index in [0.29, 0.717) is 18.7 Å². The van der Waals surface area contributed by atoms with E-state index >= 15 is 0 Å². The third-order valence-corrected chi connectivity index (χ3v) is 4.10. The molecular weight excluding hydrogens is 356 g/mol. The van der Waals surface area contributed by atoms with Gasteiger partial charge in [-0.3, -0.25) is 4.79 Å². The van der Waals surface area contributed by atoms with E-state index in [0.717, 1.165) is 15.6 Å². The van der Waals surface area contributed by atoms with Gasteiger partial charge < -0.3 is 5.32 Å². The van der Waals surface area contributed by atoms with Crippen LogP contribution in [0.15, 0.2) is 65.7 Å². The summed E-state index contributed by atoms with van der Waals surface area (Å²) in [6.45, 7) is 1.17. The molecule has 1 heterocycles. The number of benzene rings is 2. The largest absolute Gasteiger partial charge is 0.348 e. The lowest BCUT2D eigenvalue weighted by Crippen LogP contribution is -2.23. The molecule has 1 N–H and O–H groups in total. The maximum atomic E-state index is 12.2. The molecule has 2 aromatic carbocycles. The van der Waals surface area contributed by atoms with Gasteiger partial charge in [-0.1, -0.05) is 36.4 Å². The molecule has 0 atom stereocenters. The molecule has 0 aliphatic rings. The standard InChI is InChI=1S/C17H15BrN4O/c18-16-4-2-1-3-15(16)17(23)20-9-13-5-7-14(8-6-13)10-22-12-19-11-21-22/h1-8,11-12H,9-10H2,(H,20,23). The van der Waals surface area contributed by atoms with Gasteiger partial charge in [-0.15, -0.1) is 0 Å². The average molecular weight is 371 g/mol. The van der Waals surface area contributed by atoms with Gasteiger partial charge in [0.05, 0.1) is 12.1 Å². The first-order chi connectivity index (χ1) is 11.2. The lowest BCUT2D eigenvalue weighted by Gasteiger charge is -2.08. The summed E-state index contributed by atoms with van der Waals surface area (Å²) >= 11 is 3.39. The number of carbonyl (C=O) groups is 1. The lowest BCUT2D eigenvalue weighted by atomic mass is 10.1. The fourth-order valence-corrected chi connectivity index (χ4v) is 2.65.